The SMILES string of the molecule is [Fe+3].[Fe+3].[Fe+3].[Fe+3].[Fe+3].[Fe+3].[Fe+3].[Fe+3].[Fe+3].[Fe+3].[Fe+3].[Fe+3].[Fe+3].[Fe+3].[Fe+3].[Fe+3].[Fe+3].[Fe+3].[Fe+3].[Fe+3].[Fe+3].[Fe+3].[Fe+3].[Fe+3].[Fe+3].[Fe+3].[Fe+3].[Fe+3].[Fe+3].[Fe+3].[Fe+3].[Fe+3].[Fe+3].[Fe+3].[Fe+3].[Fe+3].[Fe+3].[Fe+3].[Fe+3].[Fe+3].[Fe+3].[Fe+3].[Fe+3].[Fe+3].[Fe+3].[Fe+3].[Fe+3].[Fe+3].[Fe+3].[Fe+3].[Fe+3].[Fe+3].[Fe+3].[Fe+3].[Fe+3].[Fe+3].[Fe+3].[Fe+3].[Fe+3].[O-2].[O-2].[O-2].[O-2].[O-2].[O-2].[O-2].[O-2].[O-2].[O-2].[O-2].[O-2].[O-2].[O-2].[O-2].[O-2].[O-2].[O-2].[O-2].[O-2].[O-2].[O-2].[O-2].[O-2].[O-2].[O-2].[O-2].[O-2].[O-2].[O-2].[O-2].[O-2].[O-2].[O-2].[O-2].[O-2].[O-2].[O-2].[O-2].[O-2].[O-2].[O-2].[O-2].[O-2].[O-2].[O-2].[O-2].[O-2].[O-2].[O-2].[O-2].[O-2].[O-2].[O-2].[O-2].[O-2].[O-2].[O-2].[O-2].[O-2].[O-2].[O-2].[O-2].[O-2].[O-2].[O-2].[O-2].[O-2].[O-2].[O-2].[O-2].[O-2].[O-2].[O-2].[O-2].[O-2].[O-2].[O-2].[O-2].[O-2].[O-2].[O-2].[O-2].[O-2].[O-2].[O-2]. The smallest absolute Gasteiger partial charge is 2.00 e. The molecule has 0 saturated heterocycles. The molecule has 0 aromatic heterocycles. The van der Waals surface area contributed by atoms with Crippen molar-refractivity contribution in [3.63, 3.8) is 0 Å². The van der Waals surface area contributed by atoms with Crippen LogP contribution in [0, 0.1) is 0 Å². The van der Waals surface area contributed by atoms with Gasteiger partial charge in [0, 0.05) is 0 Å². The summed E-state index contributed by atoms with van der Waals surface area (Å²) in [5.41, 5.74) is 0. The largest absolute Gasteiger partial charge is 3.00 e. The van der Waals surface area contributed by atoms with Crippen LogP contribution in [-0.4, -0.2) is 0 Å². The molecule has 0 saturated carbocycles. The van der Waals surface area contributed by atoms with Crippen LogP contribution in [0.4, 0.5) is 0 Å². The normalized spacial score (nSPS) is 0. The third kappa shape index (κ3) is 6620. The molecule has 0 aliphatic heterocycles. The summed E-state index contributed by atoms with van der Waals surface area (Å²) in [6, 6.07) is 0. The Balaban J connectivity index is 0. The van der Waals surface area contributed by atoms with E-state index >= 15 is 0 Å². The van der Waals surface area contributed by atoms with Gasteiger partial charge in [-0.3, -0.25) is 0 Å². The predicted octanol–water partition coefficient (Wildman–Crippen LogP) is -10.4. The van der Waals surface area contributed by atoms with E-state index in [9.17, 15) is 0 Å². The Morgan fingerprint density at radius 1 is 0.0138 bits per heavy atom. The van der Waals surface area contributed by atoms with Crippen LogP contribution in [-0.2, 0) is 1480 Å². The van der Waals surface area contributed by atoms with E-state index in [1.807, 2.05) is 0 Å². The van der Waals surface area contributed by atoms with Crippen molar-refractivity contribution >= 4 is 0 Å². The van der Waals surface area contributed by atoms with Crippen LogP contribution in [0.2, 0.25) is 0 Å². The molecule has 0 unspecified atom stereocenters. The van der Waals surface area contributed by atoms with Crippen LogP contribution in [0.15, 0.2) is 0 Å². The number of hydrogen-bond acceptors (Lipinski definition) is 0. The van der Waals surface area contributed by atoms with Gasteiger partial charge in [0.25, 0.3) is 0 Å². The molecule has 0 spiro atoms. The van der Waals surface area contributed by atoms with Gasteiger partial charge in [0.05, 0.1) is 0 Å². The Labute approximate surface area is 1450 Å². The Hall–Kier alpha value is 27.2. The molecule has 0 aliphatic rings. The fraction of sp³-hybridized carbons (Fsp3) is 0. The quantitative estimate of drug-likeness (QED) is 0.204. The van der Waals surface area contributed by atoms with E-state index in [0.29, 0.717) is 0 Å². The monoisotopic (exact) mass is 4680 g/mol. The van der Waals surface area contributed by atoms with Crippen LogP contribution >= 0.6 is 0 Å². The summed E-state index contributed by atoms with van der Waals surface area (Å²) < 4.78 is 0. The molecule has 0 heterocycles. The van der Waals surface area contributed by atoms with Gasteiger partial charge in [-0.15, -0.1) is 0 Å². The Bertz CT molecular complexity index is 141. The molecular formula is Fe59O86+5. The molecule has 0 fully saturated rings. The van der Waals surface area contributed by atoms with Crippen molar-refractivity contribution in [2.45, 2.75) is 0 Å². The molecule has 0 bridgehead atoms. The molecule has 145 heavy (non-hydrogen) atoms. The van der Waals surface area contributed by atoms with Gasteiger partial charge >= 0.3 is 1010 Å². The van der Waals surface area contributed by atoms with Crippen LogP contribution < -0.4 is 0 Å². The van der Waals surface area contributed by atoms with E-state index < -0.39 is 0 Å². The summed E-state index contributed by atoms with van der Waals surface area (Å²) >= 11 is 0. The van der Waals surface area contributed by atoms with Gasteiger partial charge in [-0.1, -0.05) is 0 Å². The van der Waals surface area contributed by atoms with E-state index in [1.165, 1.54) is 0 Å². The van der Waals surface area contributed by atoms with Gasteiger partial charge in [-0.25, -0.2) is 0 Å². The van der Waals surface area contributed by atoms with Gasteiger partial charge in [-0.05, 0) is 0 Å². The maximum absolute atomic E-state index is 0. The fourth-order valence-corrected chi connectivity index (χ4v) is 0. The van der Waals surface area contributed by atoms with Crippen molar-refractivity contribution in [1.82, 2.24) is 0 Å². The summed E-state index contributed by atoms with van der Waals surface area (Å²) in [7, 11) is 0. The van der Waals surface area contributed by atoms with Crippen molar-refractivity contribution in [2.24, 2.45) is 0 Å². The van der Waals surface area contributed by atoms with Crippen LogP contribution in [0.1, 0.15) is 0 Å². The zero-order valence-electron chi connectivity index (χ0n) is 56.0. The average molecular weight is 4670 g/mol. The fourth-order valence-electron chi connectivity index (χ4n) is 0. The van der Waals surface area contributed by atoms with Gasteiger partial charge in [0.15, 0.2) is 0 Å². The summed E-state index contributed by atoms with van der Waals surface area (Å²) in [4.78, 5) is 0. The van der Waals surface area contributed by atoms with Crippen LogP contribution in [0.25, 0.3) is 0 Å². The zero-order chi connectivity index (χ0) is 0. The third-order valence-corrected chi connectivity index (χ3v) is 0. The van der Waals surface area contributed by atoms with Gasteiger partial charge in [0.2, 0.25) is 0 Å². The second-order valence-electron chi connectivity index (χ2n) is 0. The molecule has 0 N–H and O–H groups in total. The average Bonchev–Trinajstić information content (AvgIpc) is 0. The van der Waals surface area contributed by atoms with E-state index in [2.05, 4.69) is 0 Å². The van der Waals surface area contributed by atoms with Crippen molar-refractivity contribution < 1.29 is 1480 Å². The van der Waals surface area contributed by atoms with Gasteiger partial charge < -0.3 is 471 Å². The Morgan fingerprint density at radius 3 is 0.0138 bits per heavy atom. The molecule has 0 rings (SSSR count). The molecule has 145 heteroatoms. The topological polar surface area (TPSA) is 2450 Å². The van der Waals surface area contributed by atoms with E-state index in [1.54, 1.807) is 0 Å². The standard InChI is InChI=1S/59Fe.86O/q59*+3;86*-2. The molecule has 0 atom stereocenters. The molecule has 0 amide bonds. The van der Waals surface area contributed by atoms with E-state index in [4.69, 9.17) is 0 Å². The number of hydrogen-bond donors (Lipinski definition) is 0. The van der Waals surface area contributed by atoms with Crippen molar-refractivity contribution in [2.75, 3.05) is 0 Å². The first-order valence-corrected chi connectivity index (χ1v) is 0. The van der Waals surface area contributed by atoms with Gasteiger partial charge in [0.1, 0.15) is 0 Å². The first kappa shape index (κ1) is 6820. The Kier molecular flexibility index (Phi) is 315000. The third-order valence-electron chi connectivity index (χ3n) is 0. The summed E-state index contributed by atoms with van der Waals surface area (Å²) in [6.07, 6.45) is 0. The number of rotatable bonds is 0. The van der Waals surface area contributed by atoms with Gasteiger partial charge in [-0.2, -0.15) is 0 Å². The molecular weight excluding hydrogens is 4670 g/mol. The molecule has 86 nitrogen and oxygen atoms in total. The molecule has 0 aromatic rings. The minimum atomic E-state index is 0. The molecule has 983 valence electrons. The van der Waals surface area contributed by atoms with Crippen LogP contribution in [0.3, 0.4) is 0 Å². The van der Waals surface area contributed by atoms with Crippen molar-refractivity contribution in [1.29, 1.82) is 0 Å². The maximum Gasteiger partial charge on any atom is 3.00 e. The van der Waals surface area contributed by atoms with Crippen molar-refractivity contribution in [3.05, 3.63) is 0 Å². The summed E-state index contributed by atoms with van der Waals surface area (Å²) in [5, 5.41) is 0. The molecule has 0 aliphatic carbocycles. The predicted molar refractivity (Wildman–Crippen MR) is 59.0 cm³/mol. The minimum absolute atomic E-state index is 0. The second kappa shape index (κ2) is 6700. The first-order chi connectivity index (χ1) is 0. The Morgan fingerprint density at radius 2 is 0.0138 bits per heavy atom. The second-order valence-corrected chi connectivity index (χ2v) is 0. The molecule has 59 radical (unpaired) electrons. The minimum Gasteiger partial charge on any atom is -2.00 e. The summed E-state index contributed by atoms with van der Waals surface area (Å²) in [6.45, 7) is 0. The van der Waals surface area contributed by atoms with E-state index in [0.717, 1.165) is 0 Å². The first-order valence-electron chi connectivity index (χ1n) is 0. The molecule has 0 aromatic carbocycles. The van der Waals surface area contributed by atoms with Crippen molar-refractivity contribution in [3.8, 4) is 0 Å². The summed E-state index contributed by atoms with van der Waals surface area (Å²) in [5.74, 6) is 0. The van der Waals surface area contributed by atoms with E-state index in [-0.39, 0.29) is 1480 Å². The zero-order valence-corrected chi connectivity index (χ0v) is 121. The maximum atomic E-state index is 0. The van der Waals surface area contributed by atoms with Crippen LogP contribution in [0.5, 0.6) is 0 Å².